The molecule has 1 aromatic heterocycles. The summed E-state index contributed by atoms with van der Waals surface area (Å²) in [6.07, 6.45) is 2.89. The summed E-state index contributed by atoms with van der Waals surface area (Å²) in [7, 11) is 0. The van der Waals surface area contributed by atoms with Crippen molar-refractivity contribution < 1.29 is 9.50 Å². The summed E-state index contributed by atoms with van der Waals surface area (Å²) in [5.41, 5.74) is 1.38. The average Bonchev–Trinajstić information content (AvgIpc) is 2.86. The van der Waals surface area contributed by atoms with Gasteiger partial charge in [0.15, 0.2) is 0 Å². The monoisotopic (exact) mass is 292 g/mol. The number of thiazole rings is 1. The van der Waals surface area contributed by atoms with E-state index < -0.39 is 5.60 Å². The smallest absolute Gasteiger partial charge is 0.123 e. The van der Waals surface area contributed by atoms with Crippen molar-refractivity contribution in [2.45, 2.75) is 31.4 Å². The lowest BCUT2D eigenvalue weighted by Gasteiger charge is -2.36. The van der Waals surface area contributed by atoms with E-state index in [0.29, 0.717) is 13.1 Å². The third-order valence-corrected chi connectivity index (χ3v) is 4.63. The summed E-state index contributed by atoms with van der Waals surface area (Å²) >= 11 is 1.55. The molecule has 0 spiro atoms. The van der Waals surface area contributed by atoms with Gasteiger partial charge in [0.05, 0.1) is 11.3 Å². The predicted octanol–water partition coefficient (Wildman–Crippen LogP) is 2.95. The number of nitrogens with one attached hydrogen (secondary N) is 1. The summed E-state index contributed by atoms with van der Waals surface area (Å²) in [4.78, 5) is 4.53. The van der Waals surface area contributed by atoms with Crippen LogP contribution < -0.4 is 5.32 Å². The molecule has 0 aliphatic heterocycles. The highest BCUT2D eigenvalue weighted by atomic mass is 32.1. The summed E-state index contributed by atoms with van der Waals surface area (Å²) in [5, 5.41) is 16.1. The van der Waals surface area contributed by atoms with Gasteiger partial charge in [-0.15, -0.1) is 11.3 Å². The maximum Gasteiger partial charge on any atom is 0.123 e. The molecule has 3 rings (SSSR count). The second kappa shape index (κ2) is 5.60. The van der Waals surface area contributed by atoms with Crippen molar-refractivity contribution in [2.75, 3.05) is 6.54 Å². The standard InChI is InChI=1S/C15H17FN2OS/c16-12-4-2-11(3-5-12)14-18-13(9-20-14)8-17-10-15(19)6-1-7-15/h2-5,9,17,19H,1,6-8,10H2. The highest BCUT2D eigenvalue weighted by Gasteiger charge is 2.33. The van der Waals surface area contributed by atoms with Crippen LogP contribution in [0, 0.1) is 5.82 Å². The molecule has 0 bridgehead atoms. The Kier molecular flexibility index (Phi) is 3.83. The van der Waals surface area contributed by atoms with Crippen LogP contribution in [0.2, 0.25) is 0 Å². The minimum atomic E-state index is -0.504. The van der Waals surface area contributed by atoms with E-state index in [1.165, 1.54) is 12.1 Å². The zero-order valence-corrected chi connectivity index (χ0v) is 11.9. The Morgan fingerprint density at radius 3 is 2.70 bits per heavy atom. The molecular weight excluding hydrogens is 275 g/mol. The normalized spacial score (nSPS) is 16.9. The molecule has 106 valence electrons. The molecule has 0 amide bonds. The lowest BCUT2D eigenvalue weighted by atomic mass is 9.80. The van der Waals surface area contributed by atoms with E-state index in [9.17, 15) is 9.50 Å². The number of hydrogen-bond donors (Lipinski definition) is 2. The Morgan fingerprint density at radius 1 is 1.30 bits per heavy atom. The Balaban J connectivity index is 1.57. The summed E-state index contributed by atoms with van der Waals surface area (Å²) < 4.78 is 12.9. The molecule has 2 aromatic rings. The number of aliphatic hydroxyl groups is 1. The molecule has 1 aliphatic rings. The first kappa shape index (κ1) is 13.7. The molecule has 1 heterocycles. The molecule has 0 radical (unpaired) electrons. The lowest BCUT2D eigenvalue weighted by Crippen LogP contribution is -2.46. The van der Waals surface area contributed by atoms with Crippen molar-refractivity contribution in [1.82, 2.24) is 10.3 Å². The van der Waals surface area contributed by atoms with Crippen molar-refractivity contribution >= 4 is 11.3 Å². The second-order valence-corrected chi connectivity index (χ2v) is 6.19. The number of hydrogen-bond acceptors (Lipinski definition) is 4. The van der Waals surface area contributed by atoms with E-state index in [-0.39, 0.29) is 5.82 Å². The van der Waals surface area contributed by atoms with Crippen LogP contribution in [0.15, 0.2) is 29.6 Å². The third-order valence-electron chi connectivity index (χ3n) is 3.69. The average molecular weight is 292 g/mol. The number of halogens is 1. The van der Waals surface area contributed by atoms with Gasteiger partial charge in [-0.25, -0.2) is 9.37 Å². The van der Waals surface area contributed by atoms with Crippen molar-refractivity contribution in [3.63, 3.8) is 0 Å². The molecule has 1 fully saturated rings. The highest BCUT2D eigenvalue weighted by Crippen LogP contribution is 2.30. The van der Waals surface area contributed by atoms with Crippen molar-refractivity contribution in [3.8, 4) is 10.6 Å². The number of rotatable bonds is 5. The fourth-order valence-electron chi connectivity index (χ4n) is 2.30. The molecule has 2 N–H and O–H groups in total. The second-order valence-electron chi connectivity index (χ2n) is 5.33. The van der Waals surface area contributed by atoms with Gasteiger partial charge >= 0.3 is 0 Å². The third kappa shape index (κ3) is 3.06. The zero-order valence-electron chi connectivity index (χ0n) is 11.1. The van der Waals surface area contributed by atoms with Gasteiger partial charge in [-0.1, -0.05) is 0 Å². The van der Waals surface area contributed by atoms with E-state index >= 15 is 0 Å². The largest absolute Gasteiger partial charge is 0.389 e. The van der Waals surface area contributed by atoms with Gasteiger partial charge in [0.2, 0.25) is 0 Å². The maximum absolute atomic E-state index is 12.9. The molecule has 3 nitrogen and oxygen atoms in total. The molecular formula is C15H17FN2OS. The first-order valence-corrected chi connectivity index (χ1v) is 7.66. The molecule has 1 aliphatic carbocycles. The Morgan fingerprint density at radius 2 is 2.05 bits per heavy atom. The topological polar surface area (TPSA) is 45.1 Å². The molecule has 1 saturated carbocycles. The number of nitrogens with zero attached hydrogens (tertiary/aromatic N) is 1. The van der Waals surface area contributed by atoms with Gasteiger partial charge in [-0.05, 0) is 43.5 Å². The van der Waals surface area contributed by atoms with Gasteiger partial charge in [0.1, 0.15) is 10.8 Å². The summed E-state index contributed by atoms with van der Waals surface area (Å²) in [6.45, 7) is 1.27. The first-order valence-electron chi connectivity index (χ1n) is 6.78. The van der Waals surface area contributed by atoms with Crippen LogP contribution in [0.25, 0.3) is 10.6 Å². The van der Waals surface area contributed by atoms with E-state index in [4.69, 9.17) is 0 Å². The SMILES string of the molecule is OC1(CNCc2csc(-c3ccc(F)cc3)n2)CCC1. The van der Waals surface area contributed by atoms with Gasteiger partial charge < -0.3 is 10.4 Å². The minimum Gasteiger partial charge on any atom is -0.389 e. The van der Waals surface area contributed by atoms with Crippen LogP contribution in [0.3, 0.4) is 0 Å². The van der Waals surface area contributed by atoms with E-state index in [1.807, 2.05) is 5.38 Å². The number of benzene rings is 1. The van der Waals surface area contributed by atoms with Crippen molar-refractivity contribution in [1.29, 1.82) is 0 Å². The van der Waals surface area contributed by atoms with E-state index in [2.05, 4.69) is 10.3 Å². The van der Waals surface area contributed by atoms with Crippen LogP contribution in [-0.4, -0.2) is 22.2 Å². The fraction of sp³-hybridized carbons (Fsp3) is 0.400. The van der Waals surface area contributed by atoms with E-state index in [1.54, 1.807) is 23.5 Å². The predicted molar refractivity (Wildman–Crippen MR) is 78.0 cm³/mol. The molecule has 0 unspecified atom stereocenters. The summed E-state index contributed by atoms with van der Waals surface area (Å²) in [6, 6.07) is 6.37. The van der Waals surface area contributed by atoms with Crippen molar-refractivity contribution in [2.24, 2.45) is 0 Å². The fourth-order valence-corrected chi connectivity index (χ4v) is 3.12. The van der Waals surface area contributed by atoms with Crippen LogP contribution in [0.5, 0.6) is 0 Å². The Hall–Kier alpha value is -1.30. The van der Waals surface area contributed by atoms with Crippen LogP contribution >= 0.6 is 11.3 Å². The Bertz CT molecular complexity index is 578. The molecule has 0 atom stereocenters. The minimum absolute atomic E-state index is 0.235. The van der Waals surface area contributed by atoms with Crippen LogP contribution in [-0.2, 0) is 6.54 Å². The van der Waals surface area contributed by atoms with Gasteiger partial charge in [-0.3, -0.25) is 0 Å². The quantitative estimate of drug-likeness (QED) is 0.890. The molecule has 0 saturated heterocycles. The van der Waals surface area contributed by atoms with E-state index in [0.717, 1.165) is 35.5 Å². The number of aromatic nitrogens is 1. The Labute approximate surface area is 121 Å². The summed E-state index contributed by atoms with van der Waals surface area (Å²) in [5.74, 6) is -0.235. The van der Waals surface area contributed by atoms with Gasteiger partial charge in [-0.2, -0.15) is 0 Å². The van der Waals surface area contributed by atoms with Gasteiger partial charge in [0.25, 0.3) is 0 Å². The lowest BCUT2D eigenvalue weighted by molar-refractivity contribution is -0.0315. The molecule has 20 heavy (non-hydrogen) atoms. The molecule has 5 heteroatoms. The van der Waals surface area contributed by atoms with Gasteiger partial charge in [0, 0.05) is 24.0 Å². The first-order chi connectivity index (χ1) is 9.65. The van der Waals surface area contributed by atoms with Crippen LogP contribution in [0.4, 0.5) is 4.39 Å². The molecule has 1 aromatic carbocycles. The van der Waals surface area contributed by atoms with Crippen molar-refractivity contribution in [3.05, 3.63) is 41.2 Å². The van der Waals surface area contributed by atoms with Crippen LogP contribution in [0.1, 0.15) is 25.0 Å². The maximum atomic E-state index is 12.9. The zero-order chi connectivity index (χ0) is 14.0. The highest BCUT2D eigenvalue weighted by molar-refractivity contribution is 7.13.